The van der Waals surface area contributed by atoms with Gasteiger partial charge in [-0.2, -0.15) is 0 Å². The molecule has 2 aromatic carbocycles. The molecule has 0 atom stereocenters. The third-order valence-corrected chi connectivity index (χ3v) is 4.18. The molecule has 0 saturated carbocycles. The number of anilines is 2. The lowest BCUT2D eigenvalue weighted by Gasteiger charge is -2.09. The van der Waals surface area contributed by atoms with Gasteiger partial charge in [0.25, 0.3) is 5.91 Å². The Hall–Kier alpha value is -3.41. The number of aryl methyl sites for hydroxylation is 2. The molecule has 0 aliphatic rings. The molecule has 2 N–H and O–H groups in total. The smallest absolute Gasteiger partial charge is 0.274 e. The fourth-order valence-electron chi connectivity index (χ4n) is 2.80. The number of aromatic nitrogens is 2. The molecule has 6 nitrogen and oxygen atoms in total. The summed E-state index contributed by atoms with van der Waals surface area (Å²) in [4.78, 5) is 21.3. The van der Waals surface area contributed by atoms with Gasteiger partial charge in [0, 0.05) is 24.0 Å². The summed E-state index contributed by atoms with van der Waals surface area (Å²) in [6.45, 7) is 2.58. The maximum atomic E-state index is 12.6. The van der Waals surface area contributed by atoms with Crippen LogP contribution in [0.15, 0.2) is 60.7 Å². The predicted molar refractivity (Wildman–Crippen MR) is 111 cm³/mol. The van der Waals surface area contributed by atoms with Crippen LogP contribution in [-0.2, 0) is 6.42 Å². The van der Waals surface area contributed by atoms with Crippen molar-refractivity contribution in [3.8, 4) is 5.75 Å². The van der Waals surface area contributed by atoms with Gasteiger partial charge >= 0.3 is 0 Å². The monoisotopic (exact) mass is 376 g/mol. The van der Waals surface area contributed by atoms with E-state index in [9.17, 15) is 4.79 Å². The summed E-state index contributed by atoms with van der Waals surface area (Å²) in [5.74, 6) is 0.854. The first kappa shape index (κ1) is 19.4. The molecule has 0 bridgehead atoms. The molecule has 0 radical (unpaired) electrons. The van der Waals surface area contributed by atoms with Crippen molar-refractivity contribution in [1.82, 2.24) is 9.97 Å². The molecule has 3 aromatic rings. The van der Waals surface area contributed by atoms with E-state index in [-0.39, 0.29) is 5.91 Å². The van der Waals surface area contributed by atoms with Gasteiger partial charge in [-0.1, -0.05) is 36.4 Å². The Bertz CT molecular complexity index is 929. The van der Waals surface area contributed by atoms with Crippen molar-refractivity contribution in [2.75, 3.05) is 24.3 Å². The number of nitrogens with zero attached hydrogens (tertiary/aromatic N) is 2. The van der Waals surface area contributed by atoms with E-state index in [4.69, 9.17) is 4.74 Å². The Labute approximate surface area is 165 Å². The normalized spacial score (nSPS) is 10.4. The number of hydrogen-bond donors (Lipinski definition) is 2. The highest BCUT2D eigenvalue weighted by Gasteiger charge is 2.11. The van der Waals surface area contributed by atoms with Crippen LogP contribution in [0, 0.1) is 6.92 Å². The summed E-state index contributed by atoms with van der Waals surface area (Å²) in [6.07, 6.45) is 1.93. The molecular formula is C22H24N4O2. The Morgan fingerprint density at radius 2 is 1.86 bits per heavy atom. The lowest BCUT2D eigenvalue weighted by Crippen LogP contribution is -2.16. The third-order valence-electron chi connectivity index (χ3n) is 4.18. The lowest BCUT2D eigenvalue weighted by molar-refractivity contribution is 0.102. The minimum Gasteiger partial charge on any atom is -0.497 e. The number of carbonyl (C=O) groups is 1. The zero-order valence-corrected chi connectivity index (χ0v) is 16.1. The van der Waals surface area contributed by atoms with E-state index in [1.165, 1.54) is 5.56 Å². The summed E-state index contributed by atoms with van der Waals surface area (Å²) < 4.78 is 5.18. The van der Waals surface area contributed by atoms with Crippen molar-refractivity contribution >= 4 is 17.5 Å². The van der Waals surface area contributed by atoms with E-state index in [1.807, 2.05) is 37.3 Å². The Kier molecular flexibility index (Phi) is 6.57. The molecule has 0 saturated heterocycles. The first-order valence-corrected chi connectivity index (χ1v) is 9.23. The van der Waals surface area contributed by atoms with Gasteiger partial charge in [-0.05, 0) is 43.5 Å². The Morgan fingerprint density at radius 1 is 1.04 bits per heavy atom. The minimum absolute atomic E-state index is 0.286. The van der Waals surface area contributed by atoms with Crippen molar-refractivity contribution in [2.24, 2.45) is 0 Å². The van der Waals surface area contributed by atoms with Crippen molar-refractivity contribution in [2.45, 2.75) is 19.8 Å². The number of benzene rings is 2. The van der Waals surface area contributed by atoms with Crippen LogP contribution in [-0.4, -0.2) is 29.5 Å². The number of ether oxygens (including phenoxy) is 1. The second-order valence-corrected chi connectivity index (χ2v) is 6.42. The van der Waals surface area contributed by atoms with Crippen LogP contribution in [0.25, 0.3) is 0 Å². The van der Waals surface area contributed by atoms with E-state index < -0.39 is 0 Å². The Morgan fingerprint density at radius 3 is 2.64 bits per heavy atom. The average molecular weight is 376 g/mol. The first-order chi connectivity index (χ1) is 13.6. The number of hydrogen-bond acceptors (Lipinski definition) is 5. The molecule has 0 spiro atoms. The highest BCUT2D eigenvalue weighted by atomic mass is 16.5. The van der Waals surface area contributed by atoms with Crippen molar-refractivity contribution < 1.29 is 9.53 Å². The molecule has 6 heteroatoms. The fraction of sp³-hybridized carbons (Fsp3) is 0.227. The summed E-state index contributed by atoms with van der Waals surface area (Å²) in [6, 6.07) is 19.2. The van der Waals surface area contributed by atoms with E-state index in [1.54, 1.807) is 25.3 Å². The maximum absolute atomic E-state index is 12.6. The van der Waals surface area contributed by atoms with Gasteiger partial charge in [0.1, 0.15) is 11.4 Å². The molecule has 1 aromatic heterocycles. The molecular weight excluding hydrogens is 352 g/mol. The molecule has 1 amide bonds. The number of rotatable bonds is 8. The van der Waals surface area contributed by atoms with E-state index in [0.717, 1.165) is 25.1 Å². The van der Waals surface area contributed by atoms with Gasteiger partial charge in [0.05, 0.1) is 7.11 Å². The van der Waals surface area contributed by atoms with Crippen LogP contribution in [0.1, 0.15) is 28.2 Å². The number of methoxy groups -OCH3 is 1. The topological polar surface area (TPSA) is 76.1 Å². The zero-order valence-electron chi connectivity index (χ0n) is 16.1. The highest BCUT2D eigenvalue weighted by Crippen LogP contribution is 2.17. The number of amides is 1. The summed E-state index contributed by atoms with van der Waals surface area (Å²) >= 11 is 0. The average Bonchev–Trinajstić information content (AvgIpc) is 2.72. The molecule has 0 aliphatic carbocycles. The predicted octanol–water partition coefficient (Wildman–Crippen LogP) is 4.09. The number of carbonyl (C=O) groups excluding carboxylic acids is 1. The standard InChI is InChI=1S/C22H24N4O2/c1-16-14-20(21(27)25-18-11-6-12-19(15-18)28-2)26-22(24-16)23-13-7-10-17-8-4-3-5-9-17/h3-6,8-9,11-12,14-15H,7,10,13H2,1-2H3,(H,25,27)(H,23,24,26). The maximum Gasteiger partial charge on any atom is 0.274 e. The van der Waals surface area contributed by atoms with Crippen molar-refractivity contribution in [1.29, 1.82) is 0 Å². The minimum atomic E-state index is -0.286. The van der Waals surface area contributed by atoms with Crippen LogP contribution in [0.2, 0.25) is 0 Å². The molecule has 0 unspecified atom stereocenters. The van der Waals surface area contributed by atoms with E-state index in [0.29, 0.717) is 23.1 Å². The van der Waals surface area contributed by atoms with Gasteiger partial charge in [0.2, 0.25) is 5.95 Å². The summed E-state index contributed by atoms with van der Waals surface area (Å²) in [5.41, 5.74) is 3.00. The van der Waals surface area contributed by atoms with Crippen molar-refractivity contribution in [3.63, 3.8) is 0 Å². The van der Waals surface area contributed by atoms with Gasteiger partial charge < -0.3 is 15.4 Å². The van der Waals surface area contributed by atoms with Crippen molar-refractivity contribution in [3.05, 3.63) is 77.6 Å². The second-order valence-electron chi connectivity index (χ2n) is 6.42. The van der Waals surface area contributed by atoms with E-state index in [2.05, 4.69) is 32.7 Å². The highest BCUT2D eigenvalue weighted by molar-refractivity contribution is 6.03. The summed E-state index contributed by atoms with van der Waals surface area (Å²) in [7, 11) is 1.59. The second kappa shape index (κ2) is 9.50. The van der Waals surface area contributed by atoms with Crippen LogP contribution in [0.4, 0.5) is 11.6 Å². The van der Waals surface area contributed by atoms with Gasteiger partial charge in [-0.25, -0.2) is 9.97 Å². The van der Waals surface area contributed by atoms with Gasteiger partial charge in [0.15, 0.2) is 0 Å². The largest absolute Gasteiger partial charge is 0.497 e. The lowest BCUT2D eigenvalue weighted by atomic mass is 10.1. The van der Waals surface area contributed by atoms with Gasteiger partial charge in [-0.15, -0.1) is 0 Å². The molecule has 144 valence electrons. The first-order valence-electron chi connectivity index (χ1n) is 9.23. The van der Waals surface area contributed by atoms with Crippen LogP contribution in [0.5, 0.6) is 5.75 Å². The van der Waals surface area contributed by atoms with E-state index >= 15 is 0 Å². The van der Waals surface area contributed by atoms with Gasteiger partial charge in [-0.3, -0.25) is 4.79 Å². The molecule has 0 fully saturated rings. The summed E-state index contributed by atoms with van der Waals surface area (Å²) in [5, 5.41) is 6.05. The Balaban J connectivity index is 1.59. The SMILES string of the molecule is COc1cccc(NC(=O)c2cc(C)nc(NCCCc3ccccc3)n2)c1. The molecule has 3 rings (SSSR count). The third kappa shape index (κ3) is 5.54. The number of nitrogens with one attached hydrogen (secondary N) is 2. The van der Waals surface area contributed by atoms with Crippen LogP contribution < -0.4 is 15.4 Å². The van der Waals surface area contributed by atoms with Crippen LogP contribution in [0.3, 0.4) is 0 Å². The molecule has 1 heterocycles. The molecule has 28 heavy (non-hydrogen) atoms. The quantitative estimate of drug-likeness (QED) is 0.579. The zero-order chi connectivity index (χ0) is 19.8. The van der Waals surface area contributed by atoms with Crippen LogP contribution >= 0.6 is 0 Å². The fourth-order valence-corrected chi connectivity index (χ4v) is 2.80. The molecule has 0 aliphatic heterocycles.